The number of piperidine rings is 1. The van der Waals surface area contributed by atoms with Gasteiger partial charge in [0, 0.05) is 25.6 Å². The number of carbonyl (C=O) groups is 1. The van der Waals surface area contributed by atoms with E-state index >= 15 is 0 Å². The van der Waals surface area contributed by atoms with Crippen molar-refractivity contribution in [1.82, 2.24) is 4.31 Å². The molecule has 2 heterocycles. The second-order valence-corrected chi connectivity index (χ2v) is 9.72. The maximum atomic E-state index is 13.1. The predicted octanol–water partition coefficient (Wildman–Crippen LogP) is 3.51. The first-order valence-electron chi connectivity index (χ1n) is 10.8. The molecule has 2 aromatic rings. The molecule has 0 unspecified atom stereocenters. The van der Waals surface area contributed by atoms with Crippen molar-refractivity contribution < 1.29 is 27.4 Å². The Kier molecular flexibility index (Phi) is 7.12. The Labute approximate surface area is 188 Å². The van der Waals surface area contributed by atoms with Gasteiger partial charge in [0.25, 0.3) is 0 Å². The number of benzene rings is 2. The van der Waals surface area contributed by atoms with Crippen molar-refractivity contribution in [3.8, 4) is 11.5 Å². The number of hydrogen-bond donors (Lipinski definition) is 0. The lowest BCUT2D eigenvalue weighted by molar-refractivity contribution is -0.148. The molecule has 32 heavy (non-hydrogen) atoms. The molecular weight excluding hydrogens is 430 g/mol. The summed E-state index contributed by atoms with van der Waals surface area (Å²) in [5.41, 5.74) is 1.04. The molecule has 170 valence electrons. The molecule has 0 N–H and O–H groups in total. The summed E-state index contributed by atoms with van der Waals surface area (Å²) in [6.07, 6.45) is 5.33. The van der Waals surface area contributed by atoms with Crippen molar-refractivity contribution in [2.75, 3.05) is 32.9 Å². The zero-order valence-corrected chi connectivity index (χ0v) is 18.6. The molecule has 0 bridgehead atoms. The van der Waals surface area contributed by atoms with Crippen LogP contribution in [0.15, 0.2) is 59.5 Å². The van der Waals surface area contributed by atoms with Gasteiger partial charge in [0.1, 0.15) is 6.61 Å². The van der Waals surface area contributed by atoms with E-state index in [4.69, 9.17) is 14.2 Å². The number of sulfonamides is 1. The van der Waals surface area contributed by atoms with Crippen LogP contribution >= 0.6 is 0 Å². The quantitative estimate of drug-likeness (QED) is 0.618. The Balaban J connectivity index is 1.30. The molecule has 1 saturated heterocycles. The maximum absolute atomic E-state index is 13.1. The molecular formula is C24H27NO6S. The van der Waals surface area contributed by atoms with E-state index in [1.807, 2.05) is 36.4 Å². The summed E-state index contributed by atoms with van der Waals surface area (Å²) < 4.78 is 44.1. The monoisotopic (exact) mass is 457 g/mol. The van der Waals surface area contributed by atoms with Crippen LogP contribution < -0.4 is 9.47 Å². The fourth-order valence-corrected chi connectivity index (χ4v) is 5.27. The molecule has 0 aliphatic carbocycles. The third-order valence-corrected chi connectivity index (χ3v) is 7.47. The van der Waals surface area contributed by atoms with E-state index in [1.54, 1.807) is 18.2 Å². The summed E-state index contributed by atoms with van der Waals surface area (Å²) in [6, 6.07) is 14.5. The SMILES string of the molecule is O=C(OC/C=C/c1ccccc1)C1CCN(S(=O)(=O)c2ccc3c(c2)OCCCO3)CC1. The summed E-state index contributed by atoms with van der Waals surface area (Å²) in [6.45, 7) is 1.78. The van der Waals surface area contributed by atoms with Gasteiger partial charge < -0.3 is 14.2 Å². The highest BCUT2D eigenvalue weighted by atomic mass is 32.2. The van der Waals surface area contributed by atoms with Gasteiger partial charge in [-0.1, -0.05) is 36.4 Å². The fourth-order valence-electron chi connectivity index (χ4n) is 3.78. The summed E-state index contributed by atoms with van der Waals surface area (Å²) in [7, 11) is -3.67. The summed E-state index contributed by atoms with van der Waals surface area (Å²) in [5.74, 6) is 0.431. The van der Waals surface area contributed by atoms with Crippen LogP contribution in [0.25, 0.3) is 6.08 Å². The van der Waals surface area contributed by atoms with Crippen LogP contribution in [0, 0.1) is 5.92 Å². The van der Waals surface area contributed by atoms with Crippen molar-refractivity contribution in [1.29, 1.82) is 0 Å². The van der Waals surface area contributed by atoms with Gasteiger partial charge in [0.2, 0.25) is 10.0 Å². The predicted molar refractivity (Wildman–Crippen MR) is 120 cm³/mol. The van der Waals surface area contributed by atoms with Crippen LogP contribution in [0.2, 0.25) is 0 Å². The van der Waals surface area contributed by atoms with Crippen molar-refractivity contribution >= 4 is 22.1 Å². The smallest absolute Gasteiger partial charge is 0.309 e. The van der Waals surface area contributed by atoms with E-state index in [9.17, 15) is 13.2 Å². The minimum Gasteiger partial charge on any atom is -0.490 e. The van der Waals surface area contributed by atoms with Gasteiger partial charge in [-0.05, 0) is 36.6 Å². The zero-order valence-electron chi connectivity index (χ0n) is 17.8. The number of esters is 1. The van der Waals surface area contributed by atoms with E-state index in [-0.39, 0.29) is 36.5 Å². The van der Waals surface area contributed by atoms with E-state index < -0.39 is 10.0 Å². The number of rotatable bonds is 6. The van der Waals surface area contributed by atoms with Gasteiger partial charge in [-0.2, -0.15) is 4.31 Å². The normalized spacial score (nSPS) is 17.8. The average molecular weight is 458 g/mol. The van der Waals surface area contributed by atoms with Crippen LogP contribution in [0.5, 0.6) is 11.5 Å². The van der Waals surface area contributed by atoms with Crippen LogP contribution in [0.4, 0.5) is 0 Å². The first kappa shape index (κ1) is 22.4. The Morgan fingerprint density at radius 2 is 1.75 bits per heavy atom. The van der Waals surface area contributed by atoms with E-state index in [1.165, 1.54) is 10.4 Å². The topological polar surface area (TPSA) is 82.1 Å². The molecule has 1 fully saturated rings. The molecule has 2 aliphatic heterocycles. The van der Waals surface area contributed by atoms with Gasteiger partial charge in [-0.25, -0.2) is 8.42 Å². The minimum absolute atomic E-state index is 0.175. The zero-order chi connectivity index (χ0) is 22.4. The molecule has 0 atom stereocenters. The third kappa shape index (κ3) is 5.31. The van der Waals surface area contributed by atoms with Gasteiger partial charge in [-0.15, -0.1) is 0 Å². The molecule has 2 aliphatic rings. The first-order valence-corrected chi connectivity index (χ1v) is 12.3. The number of hydrogen-bond acceptors (Lipinski definition) is 6. The molecule has 4 rings (SSSR count). The molecule has 2 aromatic carbocycles. The molecule has 8 heteroatoms. The minimum atomic E-state index is -3.67. The number of fused-ring (bicyclic) bond motifs is 1. The second-order valence-electron chi connectivity index (χ2n) is 7.78. The molecule has 0 radical (unpaired) electrons. The van der Waals surface area contributed by atoms with Gasteiger partial charge in [0.15, 0.2) is 11.5 Å². The molecule has 0 aromatic heterocycles. The number of nitrogens with zero attached hydrogens (tertiary/aromatic N) is 1. The van der Waals surface area contributed by atoms with Crippen molar-refractivity contribution in [2.45, 2.75) is 24.2 Å². The van der Waals surface area contributed by atoms with Crippen molar-refractivity contribution in [3.05, 3.63) is 60.2 Å². The van der Waals surface area contributed by atoms with Gasteiger partial charge in [0.05, 0.1) is 24.0 Å². The Hall–Kier alpha value is -2.84. The van der Waals surface area contributed by atoms with Gasteiger partial charge in [-0.3, -0.25) is 4.79 Å². The average Bonchev–Trinajstić information content (AvgIpc) is 3.07. The first-order chi connectivity index (χ1) is 15.5. The molecule has 0 amide bonds. The van der Waals surface area contributed by atoms with Crippen LogP contribution in [-0.4, -0.2) is 51.6 Å². The molecule has 7 nitrogen and oxygen atoms in total. The highest BCUT2D eigenvalue weighted by Crippen LogP contribution is 2.33. The maximum Gasteiger partial charge on any atom is 0.309 e. The largest absolute Gasteiger partial charge is 0.490 e. The second kappa shape index (κ2) is 10.2. The van der Waals surface area contributed by atoms with E-state index in [2.05, 4.69) is 0 Å². The Morgan fingerprint density at radius 3 is 2.50 bits per heavy atom. The molecule has 0 spiro atoms. The Bertz CT molecular complexity index is 1060. The lowest BCUT2D eigenvalue weighted by Gasteiger charge is -2.30. The number of ether oxygens (including phenoxy) is 3. The van der Waals surface area contributed by atoms with Crippen LogP contribution in [-0.2, 0) is 19.6 Å². The van der Waals surface area contributed by atoms with E-state index in [0.717, 1.165) is 12.0 Å². The van der Waals surface area contributed by atoms with E-state index in [0.29, 0.717) is 37.6 Å². The van der Waals surface area contributed by atoms with Crippen molar-refractivity contribution in [3.63, 3.8) is 0 Å². The summed E-state index contributed by atoms with van der Waals surface area (Å²) in [4.78, 5) is 12.5. The van der Waals surface area contributed by atoms with Crippen LogP contribution in [0.1, 0.15) is 24.8 Å². The highest BCUT2D eigenvalue weighted by molar-refractivity contribution is 7.89. The Morgan fingerprint density at radius 1 is 1.03 bits per heavy atom. The molecule has 0 saturated carbocycles. The fraction of sp³-hybridized carbons (Fsp3) is 0.375. The number of carbonyl (C=O) groups excluding carboxylic acids is 1. The standard InChI is InChI=1S/C24H27NO6S/c26-24(31-15-4-8-19-6-2-1-3-7-19)20-11-13-25(14-12-20)32(27,28)21-9-10-22-23(18-21)30-17-5-16-29-22/h1-4,6-10,18,20H,5,11-17H2/b8-4+. The third-order valence-electron chi connectivity index (χ3n) is 5.58. The van der Waals surface area contributed by atoms with Crippen LogP contribution in [0.3, 0.4) is 0 Å². The lowest BCUT2D eigenvalue weighted by Crippen LogP contribution is -2.40. The lowest BCUT2D eigenvalue weighted by atomic mass is 9.98. The summed E-state index contributed by atoms with van der Waals surface area (Å²) in [5, 5.41) is 0. The highest BCUT2D eigenvalue weighted by Gasteiger charge is 2.33. The summed E-state index contributed by atoms with van der Waals surface area (Å²) >= 11 is 0. The van der Waals surface area contributed by atoms with Gasteiger partial charge >= 0.3 is 5.97 Å². The van der Waals surface area contributed by atoms with Crippen molar-refractivity contribution in [2.24, 2.45) is 5.92 Å².